The molecule has 3 N–H and O–H groups in total. The van der Waals surface area contributed by atoms with E-state index in [0.29, 0.717) is 11.9 Å². The molecule has 2 aromatic rings. The summed E-state index contributed by atoms with van der Waals surface area (Å²) in [6.45, 7) is 5.09. The van der Waals surface area contributed by atoms with Crippen LogP contribution in [0.1, 0.15) is 19.4 Å². The first-order valence-electron chi connectivity index (χ1n) is 5.54. The van der Waals surface area contributed by atoms with Crippen LogP contribution in [-0.4, -0.2) is 11.0 Å². The van der Waals surface area contributed by atoms with Gasteiger partial charge in [-0.3, -0.25) is 0 Å². The minimum atomic E-state index is 0.466. The van der Waals surface area contributed by atoms with Crippen LogP contribution in [0.5, 0.6) is 0 Å². The Hall–Kier alpha value is -1.61. The number of nitrogens with two attached hydrogens (primary N) is 1. The lowest BCUT2D eigenvalue weighted by Crippen LogP contribution is -2.22. The van der Waals surface area contributed by atoms with Crippen molar-refractivity contribution in [2.75, 3.05) is 5.73 Å². The van der Waals surface area contributed by atoms with Crippen molar-refractivity contribution in [1.29, 1.82) is 0 Å². The van der Waals surface area contributed by atoms with E-state index in [-0.39, 0.29) is 0 Å². The molecule has 0 radical (unpaired) electrons. The van der Waals surface area contributed by atoms with E-state index in [1.165, 1.54) is 10.9 Å². The standard InChI is InChI=1S/C13H17N3/c1-9(2)15-8-10-7-13(14)16-12-6-4-3-5-11(10)12/h3-7,9,15H,8H2,1-2H3,(H2,14,16). The summed E-state index contributed by atoms with van der Waals surface area (Å²) >= 11 is 0. The van der Waals surface area contributed by atoms with Gasteiger partial charge in [-0.25, -0.2) is 4.98 Å². The maximum Gasteiger partial charge on any atom is 0.124 e. The summed E-state index contributed by atoms with van der Waals surface area (Å²) in [5.41, 5.74) is 7.96. The highest BCUT2D eigenvalue weighted by molar-refractivity contribution is 5.83. The van der Waals surface area contributed by atoms with Crippen LogP contribution in [0.4, 0.5) is 5.82 Å². The fourth-order valence-corrected chi connectivity index (χ4v) is 1.73. The van der Waals surface area contributed by atoms with Crippen LogP contribution >= 0.6 is 0 Å². The van der Waals surface area contributed by atoms with Crippen molar-refractivity contribution in [3.63, 3.8) is 0 Å². The van der Waals surface area contributed by atoms with Crippen molar-refractivity contribution in [1.82, 2.24) is 10.3 Å². The minimum Gasteiger partial charge on any atom is -0.384 e. The average Bonchev–Trinajstić information content (AvgIpc) is 2.25. The molecule has 0 saturated heterocycles. The molecule has 0 bridgehead atoms. The van der Waals surface area contributed by atoms with Crippen LogP contribution < -0.4 is 11.1 Å². The topological polar surface area (TPSA) is 50.9 Å². The van der Waals surface area contributed by atoms with Gasteiger partial charge in [-0.1, -0.05) is 32.0 Å². The largest absolute Gasteiger partial charge is 0.384 e. The Bertz CT molecular complexity index is 492. The number of nitrogens with zero attached hydrogens (tertiary/aromatic N) is 1. The van der Waals surface area contributed by atoms with Gasteiger partial charge in [-0.05, 0) is 17.7 Å². The number of nitrogen functional groups attached to an aromatic ring is 1. The van der Waals surface area contributed by atoms with E-state index in [1.54, 1.807) is 0 Å². The molecule has 0 atom stereocenters. The second-order valence-electron chi connectivity index (χ2n) is 4.26. The van der Waals surface area contributed by atoms with Gasteiger partial charge in [0.2, 0.25) is 0 Å². The van der Waals surface area contributed by atoms with Crippen molar-refractivity contribution in [2.24, 2.45) is 0 Å². The Morgan fingerprint density at radius 2 is 2.06 bits per heavy atom. The minimum absolute atomic E-state index is 0.466. The third-order valence-electron chi connectivity index (χ3n) is 2.52. The van der Waals surface area contributed by atoms with E-state index >= 15 is 0 Å². The zero-order valence-electron chi connectivity index (χ0n) is 9.70. The summed E-state index contributed by atoms with van der Waals surface area (Å²) in [7, 11) is 0. The van der Waals surface area contributed by atoms with E-state index in [0.717, 1.165) is 12.1 Å². The third-order valence-corrected chi connectivity index (χ3v) is 2.52. The quantitative estimate of drug-likeness (QED) is 0.826. The number of rotatable bonds is 3. The van der Waals surface area contributed by atoms with Gasteiger partial charge in [0.15, 0.2) is 0 Å². The second kappa shape index (κ2) is 4.49. The first-order valence-corrected chi connectivity index (χ1v) is 5.54. The lowest BCUT2D eigenvalue weighted by atomic mass is 10.1. The third kappa shape index (κ3) is 2.31. The SMILES string of the molecule is CC(C)NCc1cc(N)nc2ccccc12. The normalized spacial score (nSPS) is 11.2. The predicted molar refractivity (Wildman–Crippen MR) is 68.1 cm³/mol. The number of benzene rings is 1. The Morgan fingerprint density at radius 1 is 1.31 bits per heavy atom. The van der Waals surface area contributed by atoms with Gasteiger partial charge in [-0.2, -0.15) is 0 Å². The van der Waals surface area contributed by atoms with Crippen LogP contribution in [0.2, 0.25) is 0 Å². The molecule has 0 saturated carbocycles. The summed E-state index contributed by atoms with van der Waals surface area (Å²) in [5.74, 6) is 0.583. The van der Waals surface area contributed by atoms with Gasteiger partial charge in [0, 0.05) is 18.0 Å². The summed E-state index contributed by atoms with van der Waals surface area (Å²) in [6.07, 6.45) is 0. The van der Waals surface area contributed by atoms with Gasteiger partial charge < -0.3 is 11.1 Å². The number of pyridine rings is 1. The number of para-hydroxylation sites is 1. The molecule has 0 aliphatic heterocycles. The molecule has 16 heavy (non-hydrogen) atoms. The van der Waals surface area contributed by atoms with Crippen molar-refractivity contribution in [2.45, 2.75) is 26.4 Å². The van der Waals surface area contributed by atoms with E-state index in [4.69, 9.17) is 5.73 Å². The van der Waals surface area contributed by atoms with Crippen LogP contribution in [0.3, 0.4) is 0 Å². The molecule has 1 aromatic carbocycles. The zero-order chi connectivity index (χ0) is 11.5. The average molecular weight is 215 g/mol. The number of hydrogen-bond donors (Lipinski definition) is 2. The lowest BCUT2D eigenvalue weighted by Gasteiger charge is -2.11. The van der Waals surface area contributed by atoms with Gasteiger partial charge in [-0.15, -0.1) is 0 Å². The van der Waals surface area contributed by atoms with Crippen molar-refractivity contribution >= 4 is 16.7 Å². The first kappa shape index (κ1) is 10.9. The molecule has 0 amide bonds. The first-order chi connectivity index (χ1) is 7.66. The smallest absolute Gasteiger partial charge is 0.124 e. The van der Waals surface area contributed by atoms with Gasteiger partial charge in [0.1, 0.15) is 5.82 Å². The Labute approximate surface area is 95.7 Å². The lowest BCUT2D eigenvalue weighted by molar-refractivity contribution is 0.590. The molecule has 3 nitrogen and oxygen atoms in total. The van der Waals surface area contributed by atoms with Gasteiger partial charge in [0.25, 0.3) is 0 Å². The molecule has 0 fully saturated rings. The van der Waals surface area contributed by atoms with Crippen LogP contribution in [-0.2, 0) is 6.54 Å². The maximum absolute atomic E-state index is 5.79. The molecule has 1 heterocycles. The van der Waals surface area contributed by atoms with Crippen LogP contribution in [0, 0.1) is 0 Å². The molecule has 0 unspecified atom stereocenters. The Balaban J connectivity index is 2.42. The fraction of sp³-hybridized carbons (Fsp3) is 0.308. The highest BCUT2D eigenvalue weighted by atomic mass is 14.9. The summed E-state index contributed by atoms with van der Waals surface area (Å²) < 4.78 is 0. The van der Waals surface area contributed by atoms with E-state index in [2.05, 4.69) is 30.2 Å². The highest BCUT2D eigenvalue weighted by Gasteiger charge is 2.04. The van der Waals surface area contributed by atoms with Gasteiger partial charge >= 0.3 is 0 Å². The van der Waals surface area contributed by atoms with Crippen LogP contribution in [0.15, 0.2) is 30.3 Å². The highest BCUT2D eigenvalue weighted by Crippen LogP contribution is 2.19. The van der Waals surface area contributed by atoms with Crippen LogP contribution in [0.25, 0.3) is 10.9 Å². The molecule has 0 aliphatic carbocycles. The van der Waals surface area contributed by atoms with Crippen molar-refractivity contribution in [3.05, 3.63) is 35.9 Å². The monoisotopic (exact) mass is 215 g/mol. The summed E-state index contributed by atoms with van der Waals surface area (Å²) in [5, 5.41) is 4.57. The zero-order valence-corrected chi connectivity index (χ0v) is 9.70. The van der Waals surface area contributed by atoms with Crippen molar-refractivity contribution < 1.29 is 0 Å². The number of anilines is 1. The second-order valence-corrected chi connectivity index (χ2v) is 4.26. The number of hydrogen-bond acceptors (Lipinski definition) is 3. The molecular formula is C13H17N3. The molecule has 0 aliphatic rings. The Kier molecular flexibility index (Phi) is 3.06. The Morgan fingerprint density at radius 3 is 2.81 bits per heavy atom. The number of fused-ring (bicyclic) bond motifs is 1. The molecule has 84 valence electrons. The molecular weight excluding hydrogens is 198 g/mol. The predicted octanol–water partition coefficient (Wildman–Crippen LogP) is 2.32. The molecule has 0 spiro atoms. The van der Waals surface area contributed by atoms with E-state index in [1.807, 2.05) is 24.3 Å². The fourth-order valence-electron chi connectivity index (χ4n) is 1.73. The number of aromatic nitrogens is 1. The van der Waals surface area contributed by atoms with E-state index in [9.17, 15) is 0 Å². The van der Waals surface area contributed by atoms with Gasteiger partial charge in [0.05, 0.1) is 5.52 Å². The summed E-state index contributed by atoms with van der Waals surface area (Å²) in [4.78, 5) is 4.31. The maximum atomic E-state index is 5.79. The van der Waals surface area contributed by atoms with E-state index < -0.39 is 0 Å². The van der Waals surface area contributed by atoms with Crippen molar-refractivity contribution in [3.8, 4) is 0 Å². The molecule has 1 aromatic heterocycles. The molecule has 3 heteroatoms. The summed E-state index contributed by atoms with van der Waals surface area (Å²) in [6, 6.07) is 10.5. The number of nitrogens with one attached hydrogen (secondary N) is 1. The molecule has 2 rings (SSSR count).